The summed E-state index contributed by atoms with van der Waals surface area (Å²) in [6.45, 7) is 2.30. The summed E-state index contributed by atoms with van der Waals surface area (Å²) in [6.07, 6.45) is 25.0. The van der Waals surface area contributed by atoms with Crippen LogP contribution < -0.4 is 0 Å². The second-order valence-corrected chi connectivity index (χ2v) is 6.60. The van der Waals surface area contributed by atoms with E-state index < -0.39 is 0 Å². The molecule has 1 fully saturated rings. The Balaban J connectivity index is 1.60. The minimum Gasteiger partial charge on any atom is -0.0654 e. The fourth-order valence-corrected chi connectivity index (χ4v) is 2.91. The lowest BCUT2D eigenvalue weighted by atomic mass is 10.0. The molecule has 19 heavy (non-hydrogen) atoms. The van der Waals surface area contributed by atoms with Crippen molar-refractivity contribution in [1.82, 2.24) is 0 Å². The molecule has 0 bridgehead atoms. The molecule has 0 N–H and O–H groups in total. The summed E-state index contributed by atoms with van der Waals surface area (Å²) in [5, 5.41) is 0. The molecule has 0 aromatic rings. The van der Waals surface area contributed by atoms with E-state index >= 15 is 0 Å². The van der Waals surface area contributed by atoms with Gasteiger partial charge in [0, 0.05) is 0 Å². The van der Waals surface area contributed by atoms with E-state index in [1.807, 2.05) is 5.92 Å². The van der Waals surface area contributed by atoms with Crippen molar-refractivity contribution in [2.45, 2.75) is 116 Å². The zero-order chi connectivity index (χ0) is 13.6. The van der Waals surface area contributed by atoms with Crippen molar-refractivity contribution in [3.63, 3.8) is 0 Å². The summed E-state index contributed by atoms with van der Waals surface area (Å²) >= 11 is 0. The van der Waals surface area contributed by atoms with Gasteiger partial charge in [0.25, 0.3) is 0 Å². The van der Waals surface area contributed by atoms with E-state index in [1.165, 1.54) is 109 Å². The van der Waals surface area contributed by atoms with Crippen LogP contribution in [0.2, 0.25) is 0 Å². The molecular weight excluding hydrogens is 228 g/mol. The van der Waals surface area contributed by atoms with Gasteiger partial charge in [-0.25, -0.2) is 0 Å². The molecule has 0 amide bonds. The Morgan fingerprint density at radius 3 is 1.26 bits per heavy atom. The topological polar surface area (TPSA) is 0 Å². The summed E-state index contributed by atoms with van der Waals surface area (Å²) in [7, 11) is 0. The fourth-order valence-electron chi connectivity index (χ4n) is 2.91. The molecule has 0 saturated heterocycles. The van der Waals surface area contributed by atoms with Gasteiger partial charge >= 0.3 is 0 Å². The van der Waals surface area contributed by atoms with Gasteiger partial charge in [-0.05, 0) is 25.2 Å². The van der Waals surface area contributed by atoms with Gasteiger partial charge in [0.1, 0.15) is 0 Å². The van der Waals surface area contributed by atoms with E-state index in [0.29, 0.717) is 0 Å². The Morgan fingerprint density at radius 2 is 0.895 bits per heavy atom. The predicted octanol–water partition coefficient (Wildman–Crippen LogP) is 7.23. The zero-order valence-corrected chi connectivity index (χ0v) is 13.5. The quantitative estimate of drug-likeness (QED) is 0.274. The molecule has 0 heteroatoms. The molecule has 0 heterocycles. The molecule has 0 atom stereocenters. The smallest absolute Gasteiger partial charge is 0.0241 e. The molecule has 0 aromatic carbocycles. The summed E-state index contributed by atoms with van der Waals surface area (Å²) < 4.78 is 0. The molecule has 1 rings (SSSR count). The summed E-state index contributed by atoms with van der Waals surface area (Å²) in [5.74, 6) is 1.85. The van der Waals surface area contributed by atoms with Crippen molar-refractivity contribution >= 4 is 0 Å². The average molecular weight is 266 g/mol. The monoisotopic (exact) mass is 265 g/mol. The highest BCUT2D eigenvalue weighted by molar-refractivity contribution is 5.04. The largest absolute Gasteiger partial charge is 0.0654 e. The Morgan fingerprint density at radius 1 is 0.526 bits per heavy atom. The summed E-state index contributed by atoms with van der Waals surface area (Å²) in [6, 6.07) is 0. The first-order valence-corrected chi connectivity index (χ1v) is 9.27. The van der Waals surface area contributed by atoms with Crippen molar-refractivity contribution in [3.8, 4) is 0 Å². The van der Waals surface area contributed by atoms with E-state index in [9.17, 15) is 0 Å². The molecule has 1 radical (unpaired) electrons. The summed E-state index contributed by atoms with van der Waals surface area (Å²) in [5.41, 5.74) is 0. The van der Waals surface area contributed by atoms with Crippen LogP contribution in [0.25, 0.3) is 0 Å². The zero-order valence-electron chi connectivity index (χ0n) is 13.5. The molecule has 0 spiro atoms. The first-order chi connectivity index (χ1) is 9.43. The molecule has 0 unspecified atom stereocenters. The van der Waals surface area contributed by atoms with Gasteiger partial charge < -0.3 is 0 Å². The molecule has 0 aliphatic heterocycles. The molecule has 1 aliphatic rings. The lowest BCUT2D eigenvalue weighted by Gasteiger charge is -2.03. The second kappa shape index (κ2) is 13.0. The Hall–Kier alpha value is 0. The highest BCUT2D eigenvalue weighted by Crippen LogP contribution is 2.36. The van der Waals surface area contributed by atoms with Crippen molar-refractivity contribution < 1.29 is 0 Å². The van der Waals surface area contributed by atoms with Crippen LogP contribution in [-0.4, -0.2) is 0 Å². The van der Waals surface area contributed by atoms with E-state index in [4.69, 9.17) is 0 Å². The third kappa shape index (κ3) is 12.8. The third-order valence-electron chi connectivity index (χ3n) is 4.49. The molecular formula is C19H37. The van der Waals surface area contributed by atoms with Crippen LogP contribution in [-0.2, 0) is 0 Å². The Labute approximate surface area is 122 Å². The van der Waals surface area contributed by atoms with Gasteiger partial charge in [-0.3, -0.25) is 0 Å². The summed E-state index contributed by atoms with van der Waals surface area (Å²) in [4.78, 5) is 0. The first-order valence-electron chi connectivity index (χ1n) is 9.27. The van der Waals surface area contributed by atoms with Crippen LogP contribution in [0.4, 0.5) is 0 Å². The van der Waals surface area contributed by atoms with Crippen LogP contribution in [0.3, 0.4) is 0 Å². The maximum Gasteiger partial charge on any atom is -0.0241 e. The van der Waals surface area contributed by atoms with Crippen molar-refractivity contribution in [2.24, 2.45) is 0 Å². The van der Waals surface area contributed by atoms with Gasteiger partial charge in [-0.1, -0.05) is 96.8 Å². The molecule has 0 aromatic heterocycles. The number of hydrogen-bond acceptors (Lipinski definition) is 0. The third-order valence-corrected chi connectivity index (χ3v) is 4.49. The minimum atomic E-state index is 1.37. The SMILES string of the molecule is CCCCCCCCCCCCCCCC[C]1CC1. The van der Waals surface area contributed by atoms with Gasteiger partial charge in [0.05, 0.1) is 0 Å². The second-order valence-electron chi connectivity index (χ2n) is 6.60. The standard InChI is InChI=1S/C19H37/c1-2-3-4-5-6-7-8-9-10-11-12-13-14-15-16-19-17-18-19/h2-18H2,1H3. The molecule has 1 saturated carbocycles. The van der Waals surface area contributed by atoms with Gasteiger partial charge in [-0.2, -0.15) is 0 Å². The molecule has 1 aliphatic carbocycles. The highest BCUT2D eigenvalue weighted by Gasteiger charge is 2.20. The van der Waals surface area contributed by atoms with Gasteiger partial charge in [-0.15, -0.1) is 0 Å². The predicted molar refractivity (Wildman–Crippen MR) is 87.4 cm³/mol. The van der Waals surface area contributed by atoms with Crippen LogP contribution in [0, 0.1) is 5.92 Å². The van der Waals surface area contributed by atoms with E-state index in [2.05, 4.69) is 6.92 Å². The van der Waals surface area contributed by atoms with Crippen molar-refractivity contribution in [2.75, 3.05) is 0 Å². The van der Waals surface area contributed by atoms with Gasteiger partial charge in [0.2, 0.25) is 0 Å². The van der Waals surface area contributed by atoms with Crippen LogP contribution in [0.15, 0.2) is 0 Å². The van der Waals surface area contributed by atoms with E-state index in [-0.39, 0.29) is 0 Å². The van der Waals surface area contributed by atoms with Crippen molar-refractivity contribution in [3.05, 3.63) is 5.92 Å². The maximum atomic E-state index is 2.30. The maximum absolute atomic E-state index is 2.30. The number of rotatable bonds is 15. The Bertz CT molecular complexity index is 169. The van der Waals surface area contributed by atoms with Crippen molar-refractivity contribution in [1.29, 1.82) is 0 Å². The molecule has 0 nitrogen and oxygen atoms in total. The lowest BCUT2D eigenvalue weighted by Crippen LogP contribution is -1.83. The Kier molecular flexibility index (Phi) is 11.7. The van der Waals surface area contributed by atoms with Crippen LogP contribution >= 0.6 is 0 Å². The van der Waals surface area contributed by atoms with E-state index in [1.54, 1.807) is 0 Å². The van der Waals surface area contributed by atoms with Gasteiger partial charge in [0.15, 0.2) is 0 Å². The lowest BCUT2D eigenvalue weighted by molar-refractivity contribution is 0.535. The number of hydrogen-bond donors (Lipinski definition) is 0. The average Bonchev–Trinajstić information content (AvgIpc) is 3.23. The molecule has 113 valence electrons. The highest BCUT2D eigenvalue weighted by atomic mass is 14.3. The first kappa shape index (κ1) is 17.1. The fraction of sp³-hybridized carbons (Fsp3) is 0.947. The number of unbranched alkanes of at least 4 members (excludes halogenated alkanes) is 13. The van der Waals surface area contributed by atoms with Crippen LogP contribution in [0.5, 0.6) is 0 Å². The van der Waals surface area contributed by atoms with Crippen LogP contribution in [0.1, 0.15) is 116 Å². The minimum absolute atomic E-state index is 1.37. The van der Waals surface area contributed by atoms with E-state index in [0.717, 1.165) is 0 Å². The normalized spacial score (nSPS) is 15.0.